The summed E-state index contributed by atoms with van der Waals surface area (Å²) in [6.45, 7) is 0. The maximum Gasteiger partial charge on any atom is 0.230 e. The van der Waals surface area contributed by atoms with Crippen LogP contribution in [-0.4, -0.2) is 16.7 Å². The summed E-state index contributed by atoms with van der Waals surface area (Å²) < 4.78 is 13.2. The second kappa shape index (κ2) is 6.97. The van der Waals surface area contributed by atoms with Crippen LogP contribution in [-0.2, 0) is 4.79 Å². The Morgan fingerprint density at radius 3 is 2.61 bits per heavy atom. The maximum atomic E-state index is 13.2. The molecule has 0 bridgehead atoms. The highest BCUT2D eigenvalue weighted by Crippen LogP contribution is 2.40. The minimum atomic E-state index is -0.375. The molecule has 0 aliphatic carbocycles. The summed E-state index contributed by atoms with van der Waals surface area (Å²) in [6, 6.07) is 17.7. The number of rotatable bonds is 2. The molecule has 0 atom stereocenters. The summed E-state index contributed by atoms with van der Waals surface area (Å²) in [5.74, 6) is -0.661. The van der Waals surface area contributed by atoms with E-state index in [0.717, 1.165) is 0 Å². The third-order valence-corrected chi connectivity index (χ3v) is 4.45. The number of halogens is 1. The number of phenolic OH excluding ortho intramolecular Hbond substituents is 1. The van der Waals surface area contributed by atoms with Gasteiger partial charge in [-0.05, 0) is 41.5 Å². The minimum absolute atomic E-state index is 0.0321. The Hall–Kier alpha value is -3.98. The predicted octanol–water partition coefficient (Wildman–Crippen LogP) is 4.53. The third kappa shape index (κ3) is 3.33. The number of aliphatic imine (C=N–C) groups is 1. The molecule has 0 aromatic heterocycles. The van der Waals surface area contributed by atoms with Gasteiger partial charge >= 0.3 is 0 Å². The maximum absolute atomic E-state index is 13.2. The van der Waals surface area contributed by atoms with Crippen LogP contribution in [0.1, 0.15) is 17.5 Å². The lowest BCUT2D eigenvalue weighted by Gasteiger charge is -2.10. The van der Waals surface area contributed by atoms with Gasteiger partial charge in [-0.25, -0.2) is 9.38 Å². The number of amides is 1. The van der Waals surface area contributed by atoms with Crippen molar-refractivity contribution in [3.8, 4) is 22.9 Å². The number of carbonyl (C=O) groups is 1. The number of phenols is 1. The largest absolute Gasteiger partial charge is 0.507 e. The highest BCUT2D eigenvalue weighted by atomic mass is 19.1. The first-order chi connectivity index (χ1) is 13.5. The van der Waals surface area contributed by atoms with E-state index in [-0.39, 0.29) is 23.9 Å². The van der Waals surface area contributed by atoms with Gasteiger partial charge in [-0.2, -0.15) is 5.26 Å². The number of nitriles is 1. The smallest absolute Gasteiger partial charge is 0.230 e. The SMILES string of the molecule is N#Cc1cccc(C2=Nc3cc(O)c(-c4ccc(F)cc4)cc3NC(=O)C2)c1. The van der Waals surface area contributed by atoms with Crippen molar-refractivity contribution in [3.05, 3.63) is 77.6 Å². The normalized spacial score (nSPS) is 13.0. The van der Waals surface area contributed by atoms with Gasteiger partial charge in [0.1, 0.15) is 11.6 Å². The average Bonchev–Trinajstić information content (AvgIpc) is 2.86. The molecule has 0 radical (unpaired) electrons. The van der Waals surface area contributed by atoms with Gasteiger partial charge < -0.3 is 10.4 Å². The minimum Gasteiger partial charge on any atom is -0.507 e. The van der Waals surface area contributed by atoms with E-state index < -0.39 is 0 Å². The van der Waals surface area contributed by atoms with Crippen LogP contribution in [0.4, 0.5) is 15.8 Å². The van der Waals surface area contributed by atoms with Gasteiger partial charge in [0.05, 0.1) is 35.1 Å². The molecule has 1 aliphatic rings. The van der Waals surface area contributed by atoms with Gasteiger partial charge in [-0.15, -0.1) is 0 Å². The highest BCUT2D eigenvalue weighted by molar-refractivity contribution is 6.17. The van der Waals surface area contributed by atoms with Crippen molar-refractivity contribution < 1.29 is 14.3 Å². The monoisotopic (exact) mass is 371 g/mol. The average molecular weight is 371 g/mol. The number of hydrogen-bond donors (Lipinski definition) is 2. The Bertz CT molecular complexity index is 1160. The van der Waals surface area contributed by atoms with Crippen LogP contribution in [0.5, 0.6) is 5.75 Å². The van der Waals surface area contributed by atoms with Gasteiger partial charge in [-0.1, -0.05) is 24.3 Å². The van der Waals surface area contributed by atoms with Gasteiger partial charge in [0.25, 0.3) is 0 Å². The number of hydrogen-bond acceptors (Lipinski definition) is 4. The Labute approximate surface area is 160 Å². The second-order valence-corrected chi connectivity index (χ2v) is 6.37. The highest BCUT2D eigenvalue weighted by Gasteiger charge is 2.20. The second-order valence-electron chi connectivity index (χ2n) is 6.37. The zero-order valence-corrected chi connectivity index (χ0v) is 14.6. The Morgan fingerprint density at radius 1 is 1.07 bits per heavy atom. The van der Waals surface area contributed by atoms with Crippen molar-refractivity contribution >= 4 is 23.0 Å². The van der Waals surface area contributed by atoms with Crippen LogP contribution in [0, 0.1) is 17.1 Å². The molecule has 6 heteroatoms. The summed E-state index contributed by atoms with van der Waals surface area (Å²) in [6.07, 6.45) is 0.0379. The molecule has 1 aliphatic heterocycles. The van der Waals surface area contributed by atoms with Crippen molar-refractivity contribution in [1.29, 1.82) is 5.26 Å². The molecule has 1 heterocycles. The number of nitrogens with zero attached hydrogens (tertiary/aromatic N) is 2. The molecular weight excluding hydrogens is 357 g/mol. The molecule has 4 rings (SSSR count). The summed E-state index contributed by atoms with van der Waals surface area (Å²) in [5, 5.41) is 22.4. The zero-order chi connectivity index (χ0) is 19.7. The van der Waals surface area contributed by atoms with Crippen LogP contribution in [0.15, 0.2) is 65.7 Å². The van der Waals surface area contributed by atoms with Crippen molar-refractivity contribution in [3.63, 3.8) is 0 Å². The molecule has 136 valence electrons. The van der Waals surface area contributed by atoms with E-state index in [4.69, 9.17) is 5.26 Å². The predicted molar refractivity (Wildman–Crippen MR) is 104 cm³/mol. The fourth-order valence-electron chi connectivity index (χ4n) is 3.10. The van der Waals surface area contributed by atoms with Crippen molar-refractivity contribution in [2.75, 3.05) is 5.32 Å². The first-order valence-corrected chi connectivity index (χ1v) is 8.54. The van der Waals surface area contributed by atoms with Crippen LogP contribution < -0.4 is 5.32 Å². The summed E-state index contributed by atoms with van der Waals surface area (Å²) in [7, 11) is 0. The van der Waals surface area contributed by atoms with E-state index in [1.807, 2.05) is 0 Å². The molecule has 5 nitrogen and oxygen atoms in total. The van der Waals surface area contributed by atoms with E-state index in [1.54, 1.807) is 42.5 Å². The van der Waals surface area contributed by atoms with E-state index in [9.17, 15) is 14.3 Å². The number of anilines is 1. The molecule has 3 aromatic rings. The number of fused-ring (bicyclic) bond motifs is 1. The lowest BCUT2D eigenvalue weighted by atomic mass is 10.0. The van der Waals surface area contributed by atoms with Crippen LogP contribution >= 0.6 is 0 Å². The molecular formula is C22H14FN3O2. The zero-order valence-electron chi connectivity index (χ0n) is 14.6. The third-order valence-electron chi connectivity index (χ3n) is 4.45. The molecule has 28 heavy (non-hydrogen) atoms. The van der Waals surface area contributed by atoms with E-state index in [2.05, 4.69) is 16.4 Å². The molecule has 0 saturated carbocycles. The number of carbonyl (C=O) groups excluding carboxylic acids is 1. The number of benzene rings is 3. The summed E-state index contributed by atoms with van der Waals surface area (Å²) >= 11 is 0. The van der Waals surface area contributed by atoms with Crippen LogP contribution in [0.2, 0.25) is 0 Å². The van der Waals surface area contributed by atoms with E-state index >= 15 is 0 Å². The van der Waals surface area contributed by atoms with Crippen molar-refractivity contribution in [1.82, 2.24) is 0 Å². The Kier molecular flexibility index (Phi) is 4.34. The van der Waals surface area contributed by atoms with E-state index in [0.29, 0.717) is 39.3 Å². The fourth-order valence-corrected chi connectivity index (χ4v) is 3.10. The molecule has 0 fully saturated rings. The quantitative estimate of drug-likeness (QED) is 0.649. The number of nitrogens with one attached hydrogen (secondary N) is 1. The summed E-state index contributed by atoms with van der Waals surface area (Å²) in [5.41, 5.74) is 3.58. The summed E-state index contributed by atoms with van der Waals surface area (Å²) in [4.78, 5) is 16.9. The van der Waals surface area contributed by atoms with Crippen molar-refractivity contribution in [2.24, 2.45) is 4.99 Å². The molecule has 0 saturated heterocycles. The topological polar surface area (TPSA) is 85.5 Å². The lowest BCUT2D eigenvalue weighted by molar-refractivity contribution is -0.115. The van der Waals surface area contributed by atoms with Crippen molar-refractivity contribution in [2.45, 2.75) is 6.42 Å². The Balaban J connectivity index is 1.82. The fraction of sp³-hybridized carbons (Fsp3) is 0.0455. The lowest BCUT2D eigenvalue weighted by Crippen LogP contribution is -2.15. The first-order valence-electron chi connectivity index (χ1n) is 8.54. The molecule has 0 unspecified atom stereocenters. The first kappa shape index (κ1) is 17.4. The van der Waals surface area contributed by atoms with Gasteiger partial charge in [0.15, 0.2) is 0 Å². The van der Waals surface area contributed by atoms with Crippen LogP contribution in [0.25, 0.3) is 11.1 Å². The molecule has 1 amide bonds. The van der Waals surface area contributed by atoms with Crippen LogP contribution in [0.3, 0.4) is 0 Å². The molecule has 2 N–H and O–H groups in total. The standard InChI is InChI=1S/C22H14FN3O2/c23-16-6-4-14(5-7-16)17-9-19-20(10-21(17)27)25-18(11-22(28)26-19)15-3-1-2-13(8-15)12-24/h1-10,27H,11H2,(H,26,28). The van der Waals surface area contributed by atoms with Gasteiger partial charge in [0.2, 0.25) is 5.91 Å². The van der Waals surface area contributed by atoms with E-state index in [1.165, 1.54) is 18.2 Å². The molecule has 3 aromatic carbocycles. The number of aromatic hydroxyl groups is 1. The molecule has 0 spiro atoms. The van der Waals surface area contributed by atoms with Gasteiger partial charge in [-0.3, -0.25) is 4.79 Å². The van der Waals surface area contributed by atoms with Gasteiger partial charge in [0, 0.05) is 11.6 Å². The Morgan fingerprint density at radius 2 is 1.86 bits per heavy atom.